The van der Waals surface area contributed by atoms with Crippen LogP contribution in [0.2, 0.25) is 0 Å². The summed E-state index contributed by atoms with van der Waals surface area (Å²) in [7, 11) is 0. The highest BCUT2D eigenvalue weighted by Gasteiger charge is 2.16. The van der Waals surface area contributed by atoms with E-state index < -0.39 is 16.9 Å². The number of hydrogen-bond acceptors (Lipinski definition) is 5. The van der Waals surface area contributed by atoms with Crippen LogP contribution in [0.1, 0.15) is 23.7 Å². The summed E-state index contributed by atoms with van der Waals surface area (Å²) in [6.07, 6.45) is -0.0853. The number of benzene rings is 1. The molecule has 1 aromatic rings. The molecular formula is C11H15N3O4. The summed E-state index contributed by atoms with van der Waals surface area (Å²) in [5.74, 6) is -0.663. The summed E-state index contributed by atoms with van der Waals surface area (Å²) >= 11 is 0. The van der Waals surface area contributed by atoms with Crippen molar-refractivity contribution in [1.82, 2.24) is 0 Å². The van der Waals surface area contributed by atoms with Gasteiger partial charge in [0.2, 0.25) is 5.91 Å². The van der Waals surface area contributed by atoms with Crippen LogP contribution in [0, 0.1) is 10.1 Å². The zero-order valence-electron chi connectivity index (χ0n) is 9.92. The van der Waals surface area contributed by atoms with Crippen LogP contribution in [-0.4, -0.2) is 28.6 Å². The maximum atomic E-state index is 11.0. The van der Waals surface area contributed by atoms with Gasteiger partial charge in [-0.05, 0) is 18.6 Å². The monoisotopic (exact) mass is 253 g/mol. The van der Waals surface area contributed by atoms with Crippen molar-refractivity contribution in [1.29, 1.82) is 0 Å². The lowest BCUT2D eigenvalue weighted by molar-refractivity contribution is -0.384. The summed E-state index contributed by atoms with van der Waals surface area (Å²) in [6, 6.07) is 3.81. The molecule has 0 aliphatic rings. The number of nitro benzene ring substituents is 1. The fourth-order valence-corrected chi connectivity index (χ4v) is 1.36. The van der Waals surface area contributed by atoms with Gasteiger partial charge in [0.05, 0.1) is 11.0 Å². The van der Waals surface area contributed by atoms with Crippen molar-refractivity contribution < 1.29 is 14.8 Å². The summed E-state index contributed by atoms with van der Waals surface area (Å²) < 4.78 is 0. The molecule has 1 amide bonds. The van der Waals surface area contributed by atoms with Crippen LogP contribution in [0.5, 0.6) is 0 Å². The van der Waals surface area contributed by atoms with Gasteiger partial charge in [0.15, 0.2) is 0 Å². The van der Waals surface area contributed by atoms with Gasteiger partial charge in [0.25, 0.3) is 5.69 Å². The van der Waals surface area contributed by atoms with Crippen molar-refractivity contribution in [3.8, 4) is 0 Å². The maximum absolute atomic E-state index is 11.0. The number of hydrogen-bond donors (Lipinski definition) is 3. The average Bonchev–Trinajstić information content (AvgIpc) is 2.35. The number of aliphatic hydroxyl groups excluding tert-OH is 1. The predicted octanol–water partition coefficient (Wildman–Crippen LogP) is 0.876. The second kappa shape index (κ2) is 5.97. The SMILES string of the molecule is CCC(O)CNc1cc(C(N)=O)ccc1[N+](=O)[O-]. The van der Waals surface area contributed by atoms with Gasteiger partial charge in [-0.15, -0.1) is 0 Å². The maximum Gasteiger partial charge on any atom is 0.292 e. The van der Waals surface area contributed by atoms with Crippen molar-refractivity contribution in [2.75, 3.05) is 11.9 Å². The van der Waals surface area contributed by atoms with Gasteiger partial charge in [0, 0.05) is 18.2 Å². The van der Waals surface area contributed by atoms with E-state index >= 15 is 0 Å². The largest absolute Gasteiger partial charge is 0.391 e. The van der Waals surface area contributed by atoms with Crippen molar-refractivity contribution in [3.63, 3.8) is 0 Å². The van der Waals surface area contributed by atoms with Gasteiger partial charge < -0.3 is 16.2 Å². The average molecular weight is 253 g/mol. The van der Waals surface area contributed by atoms with Crippen molar-refractivity contribution >= 4 is 17.3 Å². The first-order valence-electron chi connectivity index (χ1n) is 5.45. The number of amides is 1. The Balaban J connectivity index is 3.00. The first-order valence-corrected chi connectivity index (χ1v) is 5.45. The molecule has 1 rings (SSSR count). The zero-order chi connectivity index (χ0) is 13.7. The molecule has 0 aliphatic carbocycles. The van der Waals surface area contributed by atoms with E-state index in [0.717, 1.165) is 0 Å². The molecule has 7 heteroatoms. The molecule has 4 N–H and O–H groups in total. The van der Waals surface area contributed by atoms with Gasteiger partial charge in [-0.1, -0.05) is 6.92 Å². The quantitative estimate of drug-likeness (QED) is 0.513. The summed E-state index contributed by atoms with van der Waals surface area (Å²) in [4.78, 5) is 21.2. The molecule has 0 spiro atoms. The van der Waals surface area contributed by atoms with Gasteiger partial charge in [0.1, 0.15) is 5.69 Å². The lowest BCUT2D eigenvalue weighted by atomic mass is 10.1. The Morgan fingerprint density at radius 2 is 2.28 bits per heavy atom. The smallest absolute Gasteiger partial charge is 0.292 e. The first kappa shape index (κ1) is 13.9. The van der Waals surface area contributed by atoms with E-state index in [4.69, 9.17) is 5.73 Å². The molecule has 0 saturated heterocycles. The number of carbonyl (C=O) groups excluding carboxylic acids is 1. The number of anilines is 1. The minimum Gasteiger partial charge on any atom is -0.391 e. The molecule has 0 aromatic heterocycles. The fourth-order valence-electron chi connectivity index (χ4n) is 1.36. The Kier molecular flexibility index (Phi) is 4.61. The van der Waals surface area contributed by atoms with E-state index in [-0.39, 0.29) is 23.5 Å². The third kappa shape index (κ3) is 3.42. The Hall–Kier alpha value is -2.15. The zero-order valence-corrected chi connectivity index (χ0v) is 9.92. The molecule has 0 bridgehead atoms. The van der Waals surface area contributed by atoms with Gasteiger partial charge in [-0.3, -0.25) is 14.9 Å². The number of primary amides is 1. The van der Waals surface area contributed by atoms with E-state index in [1.807, 2.05) is 0 Å². The molecule has 7 nitrogen and oxygen atoms in total. The molecule has 1 unspecified atom stereocenters. The Bertz CT molecular complexity index is 462. The van der Waals surface area contributed by atoms with Gasteiger partial charge >= 0.3 is 0 Å². The van der Waals surface area contributed by atoms with Crippen LogP contribution in [0.25, 0.3) is 0 Å². The molecule has 0 aliphatic heterocycles. The fraction of sp³-hybridized carbons (Fsp3) is 0.364. The lowest BCUT2D eigenvalue weighted by Gasteiger charge is -2.11. The highest BCUT2D eigenvalue weighted by atomic mass is 16.6. The van der Waals surface area contributed by atoms with Crippen LogP contribution in [0.15, 0.2) is 18.2 Å². The number of nitrogens with one attached hydrogen (secondary N) is 1. The number of nitro groups is 1. The Labute approximate surface area is 104 Å². The second-order valence-electron chi connectivity index (χ2n) is 3.80. The second-order valence-corrected chi connectivity index (χ2v) is 3.80. The molecule has 0 radical (unpaired) electrons. The van der Waals surface area contributed by atoms with E-state index in [2.05, 4.69) is 5.32 Å². The van der Waals surface area contributed by atoms with E-state index in [0.29, 0.717) is 6.42 Å². The van der Waals surface area contributed by atoms with Gasteiger partial charge in [-0.2, -0.15) is 0 Å². The standard InChI is InChI=1S/C11H15N3O4/c1-2-8(15)6-13-9-5-7(11(12)16)3-4-10(9)14(17)18/h3-5,8,13,15H,2,6H2,1H3,(H2,12,16). The summed E-state index contributed by atoms with van der Waals surface area (Å²) in [5, 5.41) is 22.9. The molecule has 0 heterocycles. The van der Waals surface area contributed by atoms with Crippen molar-refractivity contribution in [3.05, 3.63) is 33.9 Å². The molecule has 1 aromatic carbocycles. The van der Waals surface area contributed by atoms with Crippen LogP contribution in [-0.2, 0) is 0 Å². The highest BCUT2D eigenvalue weighted by Crippen LogP contribution is 2.25. The summed E-state index contributed by atoms with van der Waals surface area (Å²) in [6.45, 7) is 1.96. The molecular weight excluding hydrogens is 238 g/mol. The Morgan fingerprint density at radius 1 is 1.61 bits per heavy atom. The van der Waals surface area contributed by atoms with Crippen LogP contribution in [0.4, 0.5) is 11.4 Å². The molecule has 1 atom stereocenters. The van der Waals surface area contributed by atoms with Gasteiger partial charge in [-0.25, -0.2) is 0 Å². The molecule has 0 fully saturated rings. The normalized spacial score (nSPS) is 11.9. The summed E-state index contributed by atoms with van der Waals surface area (Å²) in [5.41, 5.74) is 5.29. The lowest BCUT2D eigenvalue weighted by Crippen LogP contribution is -2.19. The minimum absolute atomic E-state index is 0.164. The molecule has 18 heavy (non-hydrogen) atoms. The van der Waals surface area contributed by atoms with Crippen molar-refractivity contribution in [2.24, 2.45) is 5.73 Å². The van der Waals surface area contributed by atoms with E-state index in [9.17, 15) is 20.0 Å². The molecule has 0 saturated carbocycles. The third-order valence-electron chi connectivity index (χ3n) is 2.48. The number of rotatable bonds is 6. The minimum atomic E-state index is -0.663. The Morgan fingerprint density at radius 3 is 2.78 bits per heavy atom. The van der Waals surface area contributed by atoms with Crippen LogP contribution in [0.3, 0.4) is 0 Å². The molecule has 98 valence electrons. The van der Waals surface area contributed by atoms with Crippen LogP contribution >= 0.6 is 0 Å². The first-order chi connectivity index (χ1) is 8.45. The number of carbonyl (C=O) groups is 1. The van der Waals surface area contributed by atoms with Crippen LogP contribution < -0.4 is 11.1 Å². The van der Waals surface area contributed by atoms with Crippen molar-refractivity contribution in [2.45, 2.75) is 19.4 Å². The van der Waals surface area contributed by atoms with E-state index in [1.165, 1.54) is 18.2 Å². The number of aliphatic hydroxyl groups is 1. The van der Waals surface area contributed by atoms with E-state index in [1.54, 1.807) is 6.92 Å². The predicted molar refractivity (Wildman–Crippen MR) is 66.4 cm³/mol. The number of nitrogens with two attached hydrogens (primary N) is 1. The topological polar surface area (TPSA) is 118 Å². The third-order valence-corrected chi connectivity index (χ3v) is 2.48. The highest BCUT2D eigenvalue weighted by molar-refractivity contribution is 5.94. The number of nitrogens with zero attached hydrogens (tertiary/aromatic N) is 1.